The number of hydrogen-bond acceptors (Lipinski definition) is 4. The number of hydrogen-bond donors (Lipinski definition) is 1. The highest BCUT2D eigenvalue weighted by Gasteiger charge is 2.35. The average Bonchev–Trinajstić information content (AvgIpc) is 3.36. The molecule has 1 atom stereocenters. The highest BCUT2D eigenvalue weighted by Crippen LogP contribution is 2.31. The molecule has 7 heteroatoms. The molecule has 2 aliphatic heterocycles. The molecule has 0 aliphatic carbocycles. The van der Waals surface area contributed by atoms with Gasteiger partial charge in [-0.25, -0.2) is 0 Å². The number of carbonyl (C=O) groups excluding carboxylic acids is 1. The van der Waals surface area contributed by atoms with Gasteiger partial charge in [0.15, 0.2) is 5.84 Å². The van der Waals surface area contributed by atoms with Crippen molar-refractivity contribution in [3.8, 4) is 5.69 Å². The minimum absolute atomic E-state index is 0.0932. The molecular formula is C27H33N5OS. The molecule has 0 radical (unpaired) electrons. The summed E-state index contributed by atoms with van der Waals surface area (Å²) in [6.45, 7) is 10.7. The molecule has 0 spiro atoms. The third-order valence-corrected chi connectivity index (χ3v) is 7.56. The predicted molar refractivity (Wildman–Crippen MR) is 143 cm³/mol. The smallest absolute Gasteiger partial charge is 0.283 e. The number of aromatic nitrogens is 1. The van der Waals surface area contributed by atoms with Crippen molar-refractivity contribution in [1.29, 1.82) is 5.41 Å². The number of amides is 1. The zero-order chi connectivity index (χ0) is 24.4. The van der Waals surface area contributed by atoms with Crippen LogP contribution in [0.4, 0.5) is 0 Å². The summed E-state index contributed by atoms with van der Waals surface area (Å²) in [6.07, 6.45) is 7.09. The van der Waals surface area contributed by atoms with Crippen LogP contribution < -0.4 is 0 Å². The maximum atomic E-state index is 12.8. The Labute approximate surface area is 206 Å². The summed E-state index contributed by atoms with van der Waals surface area (Å²) in [4.78, 5) is 17.1. The van der Waals surface area contributed by atoms with E-state index in [1.54, 1.807) is 6.08 Å². The Hall–Kier alpha value is -2.93. The summed E-state index contributed by atoms with van der Waals surface area (Å²) in [7, 11) is 0. The van der Waals surface area contributed by atoms with Gasteiger partial charge in [0.25, 0.3) is 5.91 Å². The molecule has 0 bridgehead atoms. The van der Waals surface area contributed by atoms with E-state index in [9.17, 15) is 4.79 Å². The van der Waals surface area contributed by atoms with Gasteiger partial charge in [-0.2, -0.15) is 15.1 Å². The van der Waals surface area contributed by atoms with Gasteiger partial charge in [-0.1, -0.05) is 45.7 Å². The monoisotopic (exact) mass is 475 g/mol. The van der Waals surface area contributed by atoms with E-state index in [-0.39, 0.29) is 17.3 Å². The van der Waals surface area contributed by atoms with Crippen molar-refractivity contribution in [2.45, 2.75) is 72.6 Å². The van der Waals surface area contributed by atoms with Gasteiger partial charge in [-0.05, 0) is 86.2 Å². The first-order chi connectivity index (χ1) is 16.3. The lowest BCUT2D eigenvalue weighted by molar-refractivity contribution is -0.114. The van der Waals surface area contributed by atoms with Crippen molar-refractivity contribution in [2.24, 2.45) is 10.1 Å². The molecule has 1 N–H and O–H groups in total. The van der Waals surface area contributed by atoms with E-state index in [1.165, 1.54) is 22.3 Å². The van der Waals surface area contributed by atoms with Crippen LogP contribution in [-0.2, 0) is 4.79 Å². The molecule has 1 aromatic heterocycles. The first kappa shape index (κ1) is 24.2. The van der Waals surface area contributed by atoms with Crippen LogP contribution in [0, 0.1) is 19.3 Å². The van der Waals surface area contributed by atoms with E-state index in [4.69, 9.17) is 5.41 Å². The quantitative estimate of drug-likeness (QED) is 0.337. The number of aryl methyl sites for hydroxylation is 1. The second kappa shape index (κ2) is 10.1. The number of hydrazone groups is 1. The number of unbranched alkanes of at least 4 members (excludes halogenated alkanes) is 2. The Bertz CT molecular complexity index is 1200. The normalized spacial score (nSPS) is 17.8. The number of nitrogens with zero attached hydrogens (tertiary/aromatic N) is 4. The Balaban J connectivity index is 1.61. The van der Waals surface area contributed by atoms with Crippen molar-refractivity contribution < 1.29 is 4.79 Å². The third kappa shape index (κ3) is 4.67. The molecule has 178 valence electrons. The van der Waals surface area contributed by atoms with Crippen molar-refractivity contribution in [2.75, 3.05) is 0 Å². The maximum absolute atomic E-state index is 12.8. The minimum atomic E-state index is -0.378. The number of thioether (sulfide) groups is 1. The van der Waals surface area contributed by atoms with Gasteiger partial charge < -0.3 is 4.57 Å². The van der Waals surface area contributed by atoms with Gasteiger partial charge in [-0.15, -0.1) is 0 Å². The summed E-state index contributed by atoms with van der Waals surface area (Å²) < 4.78 is 2.19. The predicted octanol–water partition coefficient (Wildman–Crippen LogP) is 6.81. The largest absolute Gasteiger partial charge is 0.318 e. The first-order valence-electron chi connectivity index (χ1n) is 12.1. The van der Waals surface area contributed by atoms with E-state index < -0.39 is 0 Å². The Morgan fingerprint density at radius 2 is 1.88 bits per heavy atom. The van der Waals surface area contributed by atoms with Crippen molar-refractivity contribution in [1.82, 2.24) is 9.58 Å². The van der Waals surface area contributed by atoms with E-state index in [1.807, 2.05) is 6.92 Å². The molecule has 0 fully saturated rings. The van der Waals surface area contributed by atoms with Crippen molar-refractivity contribution in [3.63, 3.8) is 0 Å². The fourth-order valence-electron chi connectivity index (χ4n) is 4.33. The fourth-order valence-corrected chi connectivity index (χ4v) is 5.26. The van der Waals surface area contributed by atoms with Gasteiger partial charge in [-0.3, -0.25) is 10.2 Å². The molecule has 0 saturated carbocycles. The summed E-state index contributed by atoms with van der Waals surface area (Å²) in [5, 5.41) is 16.2. The van der Waals surface area contributed by atoms with Crippen LogP contribution in [0.15, 0.2) is 46.0 Å². The maximum Gasteiger partial charge on any atom is 0.283 e. The van der Waals surface area contributed by atoms with Gasteiger partial charge in [0.1, 0.15) is 5.04 Å². The lowest BCUT2D eigenvalue weighted by atomic mass is 9.98. The number of fused-ring (bicyclic) bond motifs is 1. The third-order valence-electron chi connectivity index (χ3n) is 6.59. The lowest BCUT2D eigenvalue weighted by Crippen LogP contribution is -2.35. The van der Waals surface area contributed by atoms with Gasteiger partial charge in [0.05, 0.1) is 5.57 Å². The van der Waals surface area contributed by atoms with Crippen LogP contribution in [0.25, 0.3) is 11.8 Å². The standard InChI is InChI=1S/C27H33N5OS/c1-6-8-9-10-24-30-32-25(28)23(26(33)29-27(32)34-24)16-21-15-18(4)31(19(21)5)22-13-11-20(12-14-22)17(3)7-2/h11-17,28H,6-10H2,1-5H3/b23-16+,28-25?/t17-/m0/s1. The van der Waals surface area contributed by atoms with E-state index in [2.05, 4.69) is 72.7 Å². The molecule has 1 aromatic carbocycles. The van der Waals surface area contributed by atoms with Crippen LogP contribution in [0.1, 0.15) is 81.3 Å². The number of benzene rings is 1. The molecule has 0 unspecified atom stereocenters. The topological polar surface area (TPSA) is 73.8 Å². The molecule has 34 heavy (non-hydrogen) atoms. The average molecular weight is 476 g/mol. The lowest BCUT2D eigenvalue weighted by Gasteiger charge is -2.20. The van der Waals surface area contributed by atoms with E-state index >= 15 is 0 Å². The van der Waals surface area contributed by atoms with Crippen molar-refractivity contribution >= 4 is 39.8 Å². The SMILES string of the molecule is CCCCCC1=NN2C(=N)/C(=C\c3cc(C)n(-c4ccc([C@@H](C)CC)cc4)c3C)C(=O)N=C2S1. The minimum Gasteiger partial charge on any atom is -0.318 e. The highest BCUT2D eigenvalue weighted by atomic mass is 32.2. The zero-order valence-electron chi connectivity index (χ0n) is 20.7. The summed E-state index contributed by atoms with van der Waals surface area (Å²) >= 11 is 1.41. The van der Waals surface area contributed by atoms with Gasteiger partial charge in [0, 0.05) is 17.1 Å². The summed E-state index contributed by atoms with van der Waals surface area (Å²) in [5.41, 5.74) is 5.71. The number of aliphatic imine (C=N–C) groups is 1. The van der Waals surface area contributed by atoms with Crippen LogP contribution in [-0.4, -0.2) is 31.5 Å². The molecule has 1 amide bonds. The van der Waals surface area contributed by atoms with Crippen LogP contribution >= 0.6 is 11.8 Å². The van der Waals surface area contributed by atoms with E-state index in [0.717, 1.165) is 59.8 Å². The van der Waals surface area contributed by atoms with Crippen LogP contribution in [0.3, 0.4) is 0 Å². The van der Waals surface area contributed by atoms with Crippen molar-refractivity contribution in [3.05, 3.63) is 58.4 Å². The summed E-state index contributed by atoms with van der Waals surface area (Å²) in [5.74, 6) is 0.251. The summed E-state index contributed by atoms with van der Waals surface area (Å²) in [6, 6.07) is 10.7. The first-order valence-corrected chi connectivity index (χ1v) is 12.9. The molecule has 4 rings (SSSR count). The zero-order valence-corrected chi connectivity index (χ0v) is 21.5. The molecule has 2 aliphatic rings. The number of amidine groups is 2. The number of carbonyl (C=O) groups is 1. The van der Waals surface area contributed by atoms with Crippen LogP contribution in [0.5, 0.6) is 0 Å². The Morgan fingerprint density at radius 3 is 2.56 bits per heavy atom. The Kier molecular flexibility index (Phi) is 7.22. The number of rotatable bonds is 8. The molecule has 6 nitrogen and oxygen atoms in total. The Morgan fingerprint density at radius 1 is 1.15 bits per heavy atom. The highest BCUT2D eigenvalue weighted by molar-refractivity contribution is 8.26. The number of nitrogens with one attached hydrogen (secondary N) is 1. The van der Waals surface area contributed by atoms with Crippen LogP contribution in [0.2, 0.25) is 0 Å². The molecule has 3 heterocycles. The van der Waals surface area contributed by atoms with E-state index in [0.29, 0.717) is 11.1 Å². The molecule has 0 saturated heterocycles. The second-order valence-electron chi connectivity index (χ2n) is 9.03. The molecular weight excluding hydrogens is 442 g/mol. The second-order valence-corrected chi connectivity index (χ2v) is 10.1. The molecule has 2 aromatic rings. The van der Waals surface area contributed by atoms with Gasteiger partial charge >= 0.3 is 0 Å². The van der Waals surface area contributed by atoms with Gasteiger partial charge in [0.2, 0.25) is 5.17 Å². The fraction of sp³-hybridized carbons (Fsp3) is 0.407.